The molecule has 2 amide bonds. The molecular weight excluding hydrogens is 372 g/mol. The monoisotopic (exact) mass is 406 g/mol. The van der Waals surface area contributed by atoms with Gasteiger partial charge in [-0.15, -0.1) is 0 Å². The van der Waals surface area contributed by atoms with Crippen molar-refractivity contribution in [2.75, 3.05) is 10.6 Å². The van der Waals surface area contributed by atoms with Crippen molar-refractivity contribution in [3.8, 4) is 0 Å². The Balaban J connectivity index is 1.91. The number of carbonyl (C=O) groups excluding carboxylic acids is 2. The number of anilines is 2. The Morgan fingerprint density at radius 2 is 0.933 bits per heavy atom. The highest BCUT2D eigenvalue weighted by Crippen LogP contribution is 2.21. The van der Waals surface area contributed by atoms with Crippen LogP contribution >= 0.6 is 0 Å². The molecule has 30 heavy (non-hydrogen) atoms. The van der Waals surface area contributed by atoms with Gasteiger partial charge in [-0.3, -0.25) is 9.59 Å². The first kappa shape index (κ1) is 23.4. The summed E-state index contributed by atoms with van der Waals surface area (Å²) in [5.41, 5.74) is 3.64. The van der Waals surface area contributed by atoms with E-state index in [2.05, 4.69) is 10.6 Å². The molecule has 0 bridgehead atoms. The minimum absolute atomic E-state index is 0.0282. The fourth-order valence-corrected chi connectivity index (χ4v) is 2.92. The Hall–Kier alpha value is -2.88. The van der Waals surface area contributed by atoms with Crippen LogP contribution in [0.25, 0.3) is 12.2 Å². The lowest BCUT2D eigenvalue weighted by Crippen LogP contribution is -2.19. The number of hydrogen-bond acceptors (Lipinski definition) is 2. The van der Waals surface area contributed by atoms with E-state index in [0.29, 0.717) is 12.8 Å². The van der Waals surface area contributed by atoms with Gasteiger partial charge in [-0.1, -0.05) is 78.0 Å². The van der Waals surface area contributed by atoms with Crippen LogP contribution in [0.4, 0.5) is 11.4 Å². The van der Waals surface area contributed by atoms with Crippen LogP contribution < -0.4 is 10.6 Å². The molecule has 0 fully saturated rings. The lowest BCUT2D eigenvalue weighted by atomic mass is 9.92. The Bertz CT molecular complexity index is 805. The second kappa shape index (κ2) is 9.75. The molecule has 0 atom stereocenters. The van der Waals surface area contributed by atoms with E-state index < -0.39 is 0 Å². The van der Waals surface area contributed by atoms with Gasteiger partial charge in [-0.2, -0.15) is 0 Å². The Kier molecular flexibility index (Phi) is 7.60. The molecule has 0 radical (unpaired) electrons. The van der Waals surface area contributed by atoms with E-state index in [-0.39, 0.29) is 22.6 Å². The highest BCUT2D eigenvalue weighted by Gasteiger charge is 2.16. The molecule has 2 rings (SSSR count). The lowest BCUT2D eigenvalue weighted by molar-refractivity contribution is -0.118. The number of benzene rings is 2. The zero-order chi connectivity index (χ0) is 22.4. The average molecular weight is 407 g/mol. The highest BCUT2D eigenvalue weighted by atomic mass is 16.2. The molecular formula is C26H34N2O2. The van der Waals surface area contributed by atoms with Gasteiger partial charge in [0.15, 0.2) is 0 Å². The molecule has 4 nitrogen and oxygen atoms in total. The SMILES string of the molecule is CC(C)(C)CC(=O)Nc1ccc(/C=C/c2ccc(NC(=O)CC(C)(C)C)cc2)cc1. The van der Waals surface area contributed by atoms with Crippen LogP contribution in [0.15, 0.2) is 48.5 Å². The molecule has 0 aromatic heterocycles. The summed E-state index contributed by atoms with van der Waals surface area (Å²) >= 11 is 0. The quantitative estimate of drug-likeness (QED) is 0.531. The van der Waals surface area contributed by atoms with Crippen LogP contribution in [0.1, 0.15) is 65.5 Å². The minimum Gasteiger partial charge on any atom is -0.326 e. The highest BCUT2D eigenvalue weighted by molar-refractivity contribution is 5.92. The van der Waals surface area contributed by atoms with Gasteiger partial charge >= 0.3 is 0 Å². The first-order chi connectivity index (χ1) is 13.9. The smallest absolute Gasteiger partial charge is 0.224 e. The van der Waals surface area contributed by atoms with Crippen molar-refractivity contribution in [2.45, 2.75) is 54.4 Å². The summed E-state index contributed by atoms with van der Waals surface area (Å²) in [6.07, 6.45) is 5.02. The van der Waals surface area contributed by atoms with Gasteiger partial charge in [0.2, 0.25) is 11.8 Å². The summed E-state index contributed by atoms with van der Waals surface area (Å²) in [5, 5.41) is 5.88. The summed E-state index contributed by atoms with van der Waals surface area (Å²) in [6, 6.07) is 15.5. The Morgan fingerprint density at radius 1 is 0.633 bits per heavy atom. The molecule has 2 aromatic carbocycles. The fraction of sp³-hybridized carbons (Fsp3) is 0.385. The maximum Gasteiger partial charge on any atom is 0.224 e. The van der Waals surface area contributed by atoms with Crippen molar-refractivity contribution < 1.29 is 9.59 Å². The summed E-state index contributed by atoms with van der Waals surface area (Å²) in [6.45, 7) is 12.3. The van der Waals surface area contributed by atoms with Gasteiger partial charge in [0.05, 0.1) is 0 Å². The third kappa shape index (κ3) is 9.08. The molecule has 0 unspecified atom stereocenters. The predicted molar refractivity (Wildman–Crippen MR) is 127 cm³/mol. The van der Waals surface area contributed by atoms with Crippen LogP contribution in [0.2, 0.25) is 0 Å². The number of amides is 2. The van der Waals surface area contributed by atoms with Gasteiger partial charge in [-0.05, 0) is 46.2 Å². The van der Waals surface area contributed by atoms with Crippen molar-refractivity contribution >= 4 is 35.3 Å². The molecule has 0 aliphatic heterocycles. The van der Waals surface area contributed by atoms with Gasteiger partial charge in [0.25, 0.3) is 0 Å². The molecule has 0 saturated heterocycles. The van der Waals surface area contributed by atoms with Gasteiger partial charge in [-0.25, -0.2) is 0 Å². The van der Waals surface area contributed by atoms with Crippen molar-refractivity contribution in [2.24, 2.45) is 10.8 Å². The first-order valence-corrected chi connectivity index (χ1v) is 10.4. The maximum absolute atomic E-state index is 12.0. The van der Waals surface area contributed by atoms with Crippen molar-refractivity contribution in [3.63, 3.8) is 0 Å². The molecule has 2 N–H and O–H groups in total. The molecule has 0 aliphatic carbocycles. The van der Waals surface area contributed by atoms with Crippen LogP contribution in [0, 0.1) is 10.8 Å². The summed E-state index contributed by atoms with van der Waals surface area (Å²) in [4.78, 5) is 24.1. The van der Waals surface area contributed by atoms with Gasteiger partial charge in [0.1, 0.15) is 0 Å². The first-order valence-electron chi connectivity index (χ1n) is 10.4. The molecule has 160 valence electrons. The third-order valence-electron chi connectivity index (χ3n) is 4.24. The van der Waals surface area contributed by atoms with Crippen LogP contribution in [-0.4, -0.2) is 11.8 Å². The minimum atomic E-state index is -0.0301. The number of carbonyl (C=O) groups is 2. The Morgan fingerprint density at radius 3 is 1.20 bits per heavy atom. The molecule has 0 saturated carbocycles. The van der Waals surface area contributed by atoms with Gasteiger partial charge < -0.3 is 10.6 Å². The second-order valence-electron chi connectivity index (χ2n) is 10.1. The molecule has 0 heterocycles. The average Bonchev–Trinajstić information content (AvgIpc) is 2.59. The van der Waals surface area contributed by atoms with E-state index in [1.54, 1.807) is 0 Å². The molecule has 0 spiro atoms. The predicted octanol–water partition coefficient (Wildman–Crippen LogP) is 6.61. The summed E-state index contributed by atoms with van der Waals surface area (Å²) in [7, 11) is 0. The van der Waals surface area contributed by atoms with Crippen molar-refractivity contribution in [1.82, 2.24) is 0 Å². The normalized spacial score (nSPS) is 12.1. The topological polar surface area (TPSA) is 58.2 Å². The molecule has 2 aromatic rings. The largest absolute Gasteiger partial charge is 0.326 e. The number of hydrogen-bond donors (Lipinski definition) is 2. The zero-order valence-corrected chi connectivity index (χ0v) is 19.0. The van der Waals surface area contributed by atoms with Crippen molar-refractivity contribution in [1.29, 1.82) is 0 Å². The van der Waals surface area contributed by atoms with E-state index in [9.17, 15) is 9.59 Å². The van der Waals surface area contributed by atoms with Crippen LogP contribution in [0.3, 0.4) is 0 Å². The van der Waals surface area contributed by atoms with E-state index >= 15 is 0 Å². The number of nitrogens with one attached hydrogen (secondary N) is 2. The maximum atomic E-state index is 12.0. The Labute approximate surface area is 180 Å². The van der Waals surface area contributed by atoms with Gasteiger partial charge in [0, 0.05) is 24.2 Å². The van der Waals surface area contributed by atoms with Crippen LogP contribution in [-0.2, 0) is 9.59 Å². The van der Waals surface area contributed by atoms with Crippen molar-refractivity contribution in [3.05, 3.63) is 59.7 Å². The zero-order valence-electron chi connectivity index (χ0n) is 19.0. The fourth-order valence-electron chi connectivity index (χ4n) is 2.92. The standard InChI is InChI=1S/C26H34N2O2/c1-25(2,3)17-23(29)27-21-13-9-19(10-14-21)7-8-20-11-15-22(16-12-20)28-24(30)18-26(4,5)6/h7-16H,17-18H2,1-6H3,(H,27,29)(H,28,30)/b8-7+. The van der Waals surface area contributed by atoms with E-state index in [4.69, 9.17) is 0 Å². The number of rotatable bonds is 6. The van der Waals surface area contributed by atoms with E-state index in [1.807, 2.05) is 102 Å². The lowest BCUT2D eigenvalue weighted by Gasteiger charge is -2.17. The molecule has 0 aliphatic rings. The third-order valence-corrected chi connectivity index (χ3v) is 4.24. The van der Waals surface area contributed by atoms with E-state index in [1.165, 1.54) is 0 Å². The van der Waals surface area contributed by atoms with Crippen LogP contribution in [0.5, 0.6) is 0 Å². The summed E-state index contributed by atoms with van der Waals surface area (Å²) in [5.74, 6) is 0.0564. The van der Waals surface area contributed by atoms with E-state index in [0.717, 1.165) is 22.5 Å². The second-order valence-corrected chi connectivity index (χ2v) is 10.1. The summed E-state index contributed by atoms with van der Waals surface area (Å²) < 4.78 is 0. The molecule has 4 heteroatoms.